The first-order valence-electron chi connectivity index (χ1n) is 10.8. The number of halogens is 1. The molecule has 1 atom stereocenters. The molecule has 5 nitrogen and oxygen atoms in total. The van der Waals surface area contributed by atoms with E-state index in [0.717, 1.165) is 36.9 Å². The van der Waals surface area contributed by atoms with Gasteiger partial charge in [-0.15, -0.1) is 12.4 Å². The number of rotatable bonds is 3. The lowest BCUT2D eigenvalue weighted by atomic mass is 10.0. The summed E-state index contributed by atoms with van der Waals surface area (Å²) < 4.78 is 0. The van der Waals surface area contributed by atoms with Crippen LogP contribution in [0.2, 0.25) is 0 Å². The lowest BCUT2D eigenvalue weighted by molar-refractivity contribution is -0.126. The summed E-state index contributed by atoms with van der Waals surface area (Å²) in [6.45, 7) is 2.80. The third kappa shape index (κ3) is 8.56. The van der Waals surface area contributed by atoms with E-state index in [9.17, 15) is 9.59 Å². The second-order valence-corrected chi connectivity index (χ2v) is 7.60. The maximum atomic E-state index is 12.7. The Balaban J connectivity index is 0.00000341. The Morgan fingerprint density at radius 3 is 2.32 bits per heavy atom. The van der Waals surface area contributed by atoms with E-state index in [1.807, 2.05) is 71.6 Å². The second-order valence-electron chi connectivity index (χ2n) is 7.60. The second kappa shape index (κ2) is 13.6. The summed E-state index contributed by atoms with van der Waals surface area (Å²) in [5, 5.41) is 6.52. The molecular weight excluding hydrogens is 410 g/mol. The van der Waals surface area contributed by atoms with Gasteiger partial charge in [0.2, 0.25) is 11.8 Å². The minimum absolute atomic E-state index is 0. The van der Waals surface area contributed by atoms with Crippen molar-refractivity contribution in [1.82, 2.24) is 15.5 Å². The molecular formula is C25H32ClN3O2. The van der Waals surface area contributed by atoms with Gasteiger partial charge < -0.3 is 15.5 Å². The van der Waals surface area contributed by atoms with E-state index in [4.69, 9.17) is 0 Å². The predicted molar refractivity (Wildman–Crippen MR) is 128 cm³/mol. The van der Waals surface area contributed by atoms with Crippen LogP contribution in [-0.2, 0) is 9.59 Å². The van der Waals surface area contributed by atoms with Crippen molar-refractivity contribution >= 4 is 30.3 Å². The summed E-state index contributed by atoms with van der Waals surface area (Å²) in [6.07, 6.45) is 6.53. The normalized spacial score (nSPS) is 18.8. The molecule has 1 aliphatic heterocycles. The highest BCUT2D eigenvalue weighted by molar-refractivity contribution is 5.91. The summed E-state index contributed by atoms with van der Waals surface area (Å²) in [4.78, 5) is 27.0. The van der Waals surface area contributed by atoms with Gasteiger partial charge in [-0.05, 0) is 43.0 Å². The summed E-state index contributed by atoms with van der Waals surface area (Å²) >= 11 is 0. The number of nitrogens with zero attached hydrogens (tertiary/aromatic N) is 1. The highest BCUT2D eigenvalue weighted by Gasteiger charge is 2.17. The van der Waals surface area contributed by atoms with Crippen molar-refractivity contribution in [3.8, 4) is 0 Å². The number of hydrogen-bond acceptors (Lipinski definition) is 3. The van der Waals surface area contributed by atoms with Gasteiger partial charge in [-0.2, -0.15) is 0 Å². The first-order chi connectivity index (χ1) is 14.7. The predicted octanol–water partition coefficient (Wildman–Crippen LogP) is 3.97. The molecule has 0 radical (unpaired) electrons. The zero-order chi connectivity index (χ0) is 21.0. The van der Waals surface area contributed by atoms with Crippen LogP contribution in [0.5, 0.6) is 0 Å². The Labute approximate surface area is 191 Å². The van der Waals surface area contributed by atoms with Crippen molar-refractivity contribution in [2.24, 2.45) is 0 Å². The van der Waals surface area contributed by atoms with Crippen LogP contribution >= 0.6 is 12.4 Å². The van der Waals surface area contributed by atoms with Crippen molar-refractivity contribution in [3.63, 3.8) is 0 Å². The quantitative estimate of drug-likeness (QED) is 0.708. The molecule has 2 amide bonds. The van der Waals surface area contributed by atoms with E-state index in [2.05, 4.69) is 10.6 Å². The molecule has 0 bridgehead atoms. The maximum absolute atomic E-state index is 12.7. The molecule has 1 saturated heterocycles. The molecule has 1 fully saturated rings. The molecule has 31 heavy (non-hydrogen) atoms. The average Bonchev–Trinajstić information content (AvgIpc) is 2.80. The Hall–Kier alpha value is -2.63. The molecule has 0 saturated carbocycles. The number of nitrogens with one attached hydrogen (secondary N) is 2. The highest BCUT2D eigenvalue weighted by atomic mass is 35.5. The Morgan fingerprint density at radius 1 is 0.903 bits per heavy atom. The lowest BCUT2D eigenvalue weighted by Crippen LogP contribution is -2.34. The Kier molecular flexibility index (Phi) is 10.8. The van der Waals surface area contributed by atoms with E-state index >= 15 is 0 Å². The molecule has 2 N–H and O–H groups in total. The van der Waals surface area contributed by atoms with Gasteiger partial charge >= 0.3 is 0 Å². The Morgan fingerprint density at radius 2 is 1.58 bits per heavy atom. The monoisotopic (exact) mass is 441 g/mol. The topological polar surface area (TPSA) is 61.4 Å². The largest absolute Gasteiger partial charge is 0.356 e. The molecule has 0 aromatic heterocycles. The van der Waals surface area contributed by atoms with Crippen LogP contribution in [0.25, 0.3) is 6.08 Å². The van der Waals surface area contributed by atoms with Crippen LogP contribution in [0, 0.1) is 0 Å². The van der Waals surface area contributed by atoms with Crippen molar-refractivity contribution < 1.29 is 9.59 Å². The van der Waals surface area contributed by atoms with E-state index < -0.39 is 0 Å². The fourth-order valence-corrected chi connectivity index (χ4v) is 3.62. The third-order valence-electron chi connectivity index (χ3n) is 5.29. The number of hydrogen-bond donors (Lipinski definition) is 2. The van der Waals surface area contributed by atoms with Crippen LogP contribution in [0.1, 0.15) is 42.9 Å². The molecule has 166 valence electrons. The minimum Gasteiger partial charge on any atom is -0.356 e. The minimum atomic E-state index is -0.0194. The summed E-state index contributed by atoms with van der Waals surface area (Å²) in [6, 6.07) is 19.9. The van der Waals surface area contributed by atoms with Crippen LogP contribution in [0.15, 0.2) is 66.7 Å². The van der Waals surface area contributed by atoms with Crippen LogP contribution in [-0.4, -0.2) is 42.9 Å². The lowest BCUT2D eigenvalue weighted by Gasteiger charge is -2.22. The summed E-state index contributed by atoms with van der Waals surface area (Å²) in [5.41, 5.74) is 2.13. The first kappa shape index (κ1) is 24.6. The molecule has 6 heteroatoms. The molecule has 2 aromatic rings. The number of carbonyl (C=O) groups excluding carboxylic acids is 2. The smallest absolute Gasteiger partial charge is 0.246 e. The van der Waals surface area contributed by atoms with Gasteiger partial charge in [0.25, 0.3) is 0 Å². The molecule has 0 aliphatic carbocycles. The van der Waals surface area contributed by atoms with Gasteiger partial charge in [0.1, 0.15) is 0 Å². The van der Waals surface area contributed by atoms with Crippen molar-refractivity contribution in [2.75, 3.05) is 26.2 Å². The first-order valence-corrected chi connectivity index (χ1v) is 10.8. The van der Waals surface area contributed by atoms with E-state index in [1.54, 1.807) is 6.08 Å². The SMILES string of the molecule is Cl.O=C1CC(c2ccccc2)NCCCN(C(=O)/C=C/c2ccccc2)CCCCN1. The standard InChI is InChI=1S/C25H31N3O2.ClH/c29-24-20-23(22-12-5-2-6-13-22)26-17-9-19-28(18-8-7-16-27-24)25(30)15-14-21-10-3-1-4-11-21;/h1-6,10-15,23,26H,7-9,16-20H2,(H,27,29);1H/b15-14+;. The van der Waals surface area contributed by atoms with Crippen LogP contribution in [0.4, 0.5) is 0 Å². The fraction of sp³-hybridized carbons (Fsp3) is 0.360. The summed E-state index contributed by atoms with van der Waals surface area (Å²) in [7, 11) is 0. The van der Waals surface area contributed by atoms with Gasteiger partial charge in [-0.3, -0.25) is 9.59 Å². The maximum Gasteiger partial charge on any atom is 0.246 e. The van der Waals surface area contributed by atoms with E-state index in [0.29, 0.717) is 26.1 Å². The molecule has 3 rings (SSSR count). The zero-order valence-electron chi connectivity index (χ0n) is 17.8. The van der Waals surface area contributed by atoms with E-state index in [-0.39, 0.29) is 30.3 Å². The molecule has 1 aliphatic rings. The highest BCUT2D eigenvalue weighted by Crippen LogP contribution is 2.17. The van der Waals surface area contributed by atoms with E-state index in [1.165, 1.54) is 0 Å². The molecule has 1 unspecified atom stereocenters. The van der Waals surface area contributed by atoms with Crippen LogP contribution in [0.3, 0.4) is 0 Å². The van der Waals surface area contributed by atoms with Gasteiger partial charge in [-0.1, -0.05) is 60.7 Å². The zero-order valence-corrected chi connectivity index (χ0v) is 18.7. The number of amides is 2. The number of benzene rings is 2. The molecule has 1 heterocycles. The van der Waals surface area contributed by atoms with Crippen molar-refractivity contribution in [2.45, 2.75) is 31.7 Å². The van der Waals surface area contributed by atoms with Gasteiger partial charge in [0, 0.05) is 38.2 Å². The van der Waals surface area contributed by atoms with Gasteiger partial charge in [0.05, 0.1) is 0 Å². The Bertz CT molecular complexity index is 827. The summed E-state index contributed by atoms with van der Waals surface area (Å²) in [5.74, 6) is 0.103. The van der Waals surface area contributed by atoms with Crippen molar-refractivity contribution in [3.05, 3.63) is 77.9 Å². The fourth-order valence-electron chi connectivity index (χ4n) is 3.62. The third-order valence-corrected chi connectivity index (χ3v) is 5.29. The number of carbonyl (C=O) groups is 2. The van der Waals surface area contributed by atoms with Crippen molar-refractivity contribution in [1.29, 1.82) is 0 Å². The molecule has 2 aromatic carbocycles. The van der Waals surface area contributed by atoms with Crippen LogP contribution < -0.4 is 10.6 Å². The van der Waals surface area contributed by atoms with Gasteiger partial charge in [0.15, 0.2) is 0 Å². The molecule has 0 spiro atoms. The van der Waals surface area contributed by atoms with Gasteiger partial charge in [-0.25, -0.2) is 0 Å². The average molecular weight is 442 g/mol.